The monoisotopic (exact) mass is 276 g/mol. The minimum Gasteiger partial charge on any atom is -0.357 e. The van der Waals surface area contributed by atoms with Crippen molar-refractivity contribution in [2.45, 2.75) is 46.2 Å². The average molecular weight is 276 g/mol. The standard InChI is InChI=1S/C16H24N2O2/c1-5-14(16(20)17-4)18(15(19)6-2)11-13-9-7-12(3)8-10-13/h7-10,14H,5-6,11H2,1-4H3,(H,17,20). The molecular formula is C16H24N2O2. The molecule has 0 aliphatic carbocycles. The van der Waals surface area contributed by atoms with Crippen LogP contribution in [0.5, 0.6) is 0 Å². The Kier molecular flexibility index (Phi) is 6.22. The van der Waals surface area contributed by atoms with Crippen LogP contribution in [0.4, 0.5) is 0 Å². The Morgan fingerprint density at radius 1 is 1.20 bits per heavy atom. The molecule has 110 valence electrons. The molecule has 20 heavy (non-hydrogen) atoms. The van der Waals surface area contributed by atoms with Gasteiger partial charge >= 0.3 is 0 Å². The molecule has 4 heteroatoms. The molecule has 4 nitrogen and oxygen atoms in total. The maximum Gasteiger partial charge on any atom is 0.242 e. The van der Waals surface area contributed by atoms with Crippen LogP contribution in [0, 0.1) is 6.92 Å². The molecule has 1 rings (SSSR count). The Balaban J connectivity index is 2.96. The first-order chi connectivity index (χ1) is 9.53. The molecule has 0 aromatic heterocycles. The molecule has 0 saturated carbocycles. The van der Waals surface area contributed by atoms with Crippen molar-refractivity contribution in [2.24, 2.45) is 0 Å². The summed E-state index contributed by atoms with van der Waals surface area (Å²) < 4.78 is 0. The maximum absolute atomic E-state index is 12.1. The summed E-state index contributed by atoms with van der Waals surface area (Å²) in [5.41, 5.74) is 2.22. The largest absolute Gasteiger partial charge is 0.357 e. The molecular weight excluding hydrogens is 252 g/mol. The molecule has 2 amide bonds. The SMILES string of the molecule is CCC(=O)N(Cc1ccc(C)cc1)C(CC)C(=O)NC. The number of hydrogen-bond donors (Lipinski definition) is 1. The molecule has 0 aliphatic heterocycles. The van der Waals surface area contributed by atoms with Crippen LogP contribution in [0.25, 0.3) is 0 Å². The average Bonchev–Trinajstić information content (AvgIpc) is 2.47. The minimum absolute atomic E-state index is 0.000949. The van der Waals surface area contributed by atoms with Crippen molar-refractivity contribution in [3.63, 3.8) is 0 Å². The van der Waals surface area contributed by atoms with E-state index in [1.807, 2.05) is 45.0 Å². The highest BCUT2D eigenvalue weighted by Crippen LogP contribution is 2.14. The summed E-state index contributed by atoms with van der Waals surface area (Å²) in [5, 5.41) is 2.64. The number of nitrogens with zero attached hydrogens (tertiary/aromatic N) is 1. The lowest BCUT2D eigenvalue weighted by Crippen LogP contribution is -2.47. The molecule has 0 aliphatic rings. The van der Waals surface area contributed by atoms with Gasteiger partial charge in [0.25, 0.3) is 0 Å². The van der Waals surface area contributed by atoms with E-state index in [1.54, 1.807) is 11.9 Å². The van der Waals surface area contributed by atoms with E-state index < -0.39 is 6.04 Å². The molecule has 0 heterocycles. The molecule has 1 aromatic rings. The van der Waals surface area contributed by atoms with E-state index in [2.05, 4.69) is 5.32 Å². The van der Waals surface area contributed by atoms with Crippen LogP contribution >= 0.6 is 0 Å². The number of amides is 2. The Bertz CT molecular complexity index is 454. The van der Waals surface area contributed by atoms with Crippen molar-refractivity contribution < 1.29 is 9.59 Å². The molecule has 1 unspecified atom stereocenters. The maximum atomic E-state index is 12.1. The zero-order valence-corrected chi connectivity index (χ0v) is 12.8. The van der Waals surface area contributed by atoms with Crippen LogP contribution in [-0.4, -0.2) is 29.8 Å². The zero-order valence-electron chi connectivity index (χ0n) is 12.8. The zero-order chi connectivity index (χ0) is 15.1. The van der Waals surface area contributed by atoms with Gasteiger partial charge in [0.05, 0.1) is 0 Å². The van der Waals surface area contributed by atoms with Crippen LogP contribution in [0.15, 0.2) is 24.3 Å². The third-order valence-electron chi connectivity index (χ3n) is 3.41. The van der Waals surface area contributed by atoms with Crippen molar-refractivity contribution in [3.8, 4) is 0 Å². The number of carbonyl (C=O) groups excluding carboxylic acids is 2. The number of benzene rings is 1. The second-order valence-corrected chi connectivity index (χ2v) is 4.90. The molecule has 1 atom stereocenters. The van der Waals surface area contributed by atoms with E-state index >= 15 is 0 Å². The normalized spacial score (nSPS) is 11.8. The molecule has 0 spiro atoms. The number of likely N-dealkylation sites (N-methyl/N-ethyl adjacent to an activating group) is 1. The molecule has 0 bridgehead atoms. The Morgan fingerprint density at radius 2 is 1.80 bits per heavy atom. The predicted octanol–water partition coefficient (Wildman–Crippen LogP) is 2.26. The summed E-state index contributed by atoms with van der Waals surface area (Å²) in [5.74, 6) is -0.109. The van der Waals surface area contributed by atoms with Gasteiger partial charge in [-0.2, -0.15) is 0 Å². The van der Waals surface area contributed by atoms with E-state index in [-0.39, 0.29) is 11.8 Å². The lowest BCUT2D eigenvalue weighted by Gasteiger charge is -2.30. The van der Waals surface area contributed by atoms with Crippen molar-refractivity contribution in [1.29, 1.82) is 0 Å². The smallest absolute Gasteiger partial charge is 0.242 e. The van der Waals surface area contributed by atoms with Gasteiger partial charge in [0.1, 0.15) is 6.04 Å². The van der Waals surface area contributed by atoms with Crippen LogP contribution in [0.2, 0.25) is 0 Å². The molecule has 0 fully saturated rings. The first kappa shape index (κ1) is 16.2. The molecule has 0 radical (unpaired) electrons. The predicted molar refractivity (Wildman–Crippen MR) is 80.2 cm³/mol. The van der Waals surface area contributed by atoms with Gasteiger partial charge in [-0.25, -0.2) is 0 Å². The Labute approximate surface area is 121 Å². The number of aryl methyl sites for hydroxylation is 1. The molecule has 1 N–H and O–H groups in total. The number of carbonyl (C=O) groups is 2. The minimum atomic E-state index is -0.409. The van der Waals surface area contributed by atoms with Gasteiger partial charge in [0.15, 0.2) is 0 Å². The van der Waals surface area contributed by atoms with Gasteiger partial charge in [-0.05, 0) is 18.9 Å². The second-order valence-electron chi connectivity index (χ2n) is 4.90. The molecule has 0 saturated heterocycles. The fraction of sp³-hybridized carbons (Fsp3) is 0.500. The topological polar surface area (TPSA) is 49.4 Å². The van der Waals surface area contributed by atoms with E-state index in [4.69, 9.17) is 0 Å². The van der Waals surface area contributed by atoms with Crippen LogP contribution in [0.3, 0.4) is 0 Å². The van der Waals surface area contributed by atoms with Crippen LogP contribution in [0.1, 0.15) is 37.8 Å². The highest BCUT2D eigenvalue weighted by Gasteiger charge is 2.26. The summed E-state index contributed by atoms with van der Waals surface area (Å²) in [6.07, 6.45) is 1.01. The van der Waals surface area contributed by atoms with Crippen molar-refractivity contribution >= 4 is 11.8 Å². The highest BCUT2D eigenvalue weighted by atomic mass is 16.2. The Morgan fingerprint density at radius 3 is 2.25 bits per heavy atom. The number of rotatable bonds is 6. The third-order valence-corrected chi connectivity index (χ3v) is 3.41. The summed E-state index contributed by atoms with van der Waals surface area (Å²) in [7, 11) is 1.60. The van der Waals surface area contributed by atoms with Gasteiger partial charge < -0.3 is 10.2 Å². The fourth-order valence-corrected chi connectivity index (χ4v) is 2.18. The van der Waals surface area contributed by atoms with E-state index in [9.17, 15) is 9.59 Å². The van der Waals surface area contributed by atoms with Gasteiger partial charge in [-0.3, -0.25) is 9.59 Å². The number of hydrogen-bond acceptors (Lipinski definition) is 2. The summed E-state index contributed by atoms with van der Waals surface area (Å²) in [4.78, 5) is 25.8. The van der Waals surface area contributed by atoms with Gasteiger partial charge in [0, 0.05) is 20.0 Å². The van der Waals surface area contributed by atoms with Gasteiger partial charge in [0.2, 0.25) is 11.8 Å². The van der Waals surface area contributed by atoms with Crippen LogP contribution in [-0.2, 0) is 16.1 Å². The summed E-state index contributed by atoms with van der Waals surface area (Å²) >= 11 is 0. The molecule has 1 aromatic carbocycles. The lowest BCUT2D eigenvalue weighted by atomic mass is 10.1. The van der Waals surface area contributed by atoms with E-state index in [0.29, 0.717) is 19.4 Å². The van der Waals surface area contributed by atoms with E-state index in [1.165, 1.54) is 5.56 Å². The van der Waals surface area contributed by atoms with Crippen molar-refractivity contribution in [2.75, 3.05) is 7.05 Å². The quantitative estimate of drug-likeness (QED) is 0.866. The summed E-state index contributed by atoms with van der Waals surface area (Å²) in [6, 6.07) is 7.63. The first-order valence-corrected chi connectivity index (χ1v) is 7.10. The third kappa shape index (κ3) is 4.08. The highest BCUT2D eigenvalue weighted by molar-refractivity contribution is 5.87. The first-order valence-electron chi connectivity index (χ1n) is 7.10. The van der Waals surface area contributed by atoms with Crippen molar-refractivity contribution in [3.05, 3.63) is 35.4 Å². The number of nitrogens with one attached hydrogen (secondary N) is 1. The second kappa shape index (κ2) is 7.68. The van der Waals surface area contributed by atoms with Gasteiger partial charge in [-0.1, -0.05) is 43.7 Å². The fourth-order valence-electron chi connectivity index (χ4n) is 2.18. The van der Waals surface area contributed by atoms with E-state index in [0.717, 1.165) is 5.56 Å². The van der Waals surface area contributed by atoms with Crippen molar-refractivity contribution in [1.82, 2.24) is 10.2 Å². The van der Waals surface area contributed by atoms with Gasteiger partial charge in [-0.15, -0.1) is 0 Å². The Hall–Kier alpha value is -1.84. The summed E-state index contributed by atoms with van der Waals surface area (Å²) in [6.45, 7) is 6.24. The van der Waals surface area contributed by atoms with Crippen LogP contribution < -0.4 is 5.32 Å². The lowest BCUT2D eigenvalue weighted by molar-refractivity contribution is -0.141.